The van der Waals surface area contributed by atoms with Gasteiger partial charge >= 0.3 is 0 Å². The third-order valence-electron chi connectivity index (χ3n) is 5.46. The van der Waals surface area contributed by atoms with Crippen LogP contribution in [0.15, 0.2) is 47.4 Å². The minimum absolute atomic E-state index is 0.0468. The summed E-state index contributed by atoms with van der Waals surface area (Å²) < 4.78 is 27.3. The first-order valence-electron chi connectivity index (χ1n) is 10.1. The molecule has 2 aromatic carbocycles. The average Bonchev–Trinajstić information content (AvgIpc) is 2.72. The number of hydrogen-bond donors (Lipinski definition) is 1. The number of nitrogens with one attached hydrogen (secondary N) is 1. The van der Waals surface area contributed by atoms with Crippen LogP contribution in [0, 0.1) is 13.8 Å². The second kappa shape index (κ2) is 9.92. The second-order valence-electron chi connectivity index (χ2n) is 7.65. The van der Waals surface area contributed by atoms with E-state index < -0.39 is 10.0 Å². The van der Waals surface area contributed by atoms with Gasteiger partial charge in [-0.25, -0.2) is 8.42 Å². The Morgan fingerprint density at radius 1 is 1.00 bits per heavy atom. The van der Waals surface area contributed by atoms with Crippen LogP contribution in [0.3, 0.4) is 0 Å². The molecule has 1 aliphatic rings. The fraction of sp³-hybridized carbons (Fsp3) is 0.409. The van der Waals surface area contributed by atoms with Gasteiger partial charge in [-0.15, -0.1) is 0 Å². The van der Waals surface area contributed by atoms with E-state index in [4.69, 9.17) is 11.6 Å². The smallest absolute Gasteiger partial charge is 0.243 e. The first-order chi connectivity index (χ1) is 14.3. The van der Waals surface area contributed by atoms with Crippen molar-refractivity contribution in [2.45, 2.75) is 25.2 Å². The molecular formula is C22H28ClN3O3S. The van der Waals surface area contributed by atoms with Gasteiger partial charge in [-0.1, -0.05) is 29.8 Å². The van der Waals surface area contributed by atoms with E-state index in [9.17, 15) is 13.2 Å². The number of nitrogens with zero attached hydrogens (tertiary/aromatic N) is 2. The zero-order valence-corrected chi connectivity index (χ0v) is 19.0. The lowest BCUT2D eigenvalue weighted by atomic mass is 10.1. The molecule has 3 rings (SSSR count). The van der Waals surface area contributed by atoms with Gasteiger partial charge in [0.1, 0.15) is 0 Å². The molecule has 1 N–H and O–H groups in total. The number of piperazine rings is 1. The van der Waals surface area contributed by atoms with Gasteiger partial charge in [-0.3, -0.25) is 9.69 Å². The first-order valence-corrected chi connectivity index (χ1v) is 11.9. The maximum Gasteiger partial charge on any atom is 0.243 e. The van der Waals surface area contributed by atoms with Crippen LogP contribution in [0.5, 0.6) is 0 Å². The highest BCUT2D eigenvalue weighted by Gasteiger charge is 2.29. The molecule has 0 spiro atoms. The number of benzene rings is 2. The third kappa shape index (κ3) is 5.82. The molecule has 0 unspecified atom stereocenters. The topological polar surface area (TPSA) is 69.7 Å². The summed E-state index contributed by atoms with van der Waals surface area (Å²) in [5, 5.41) is 3.62. The summed E-state index contributed by atoms with van der Waals surface area (Å²) in [6.45, 7) is 6.55. The Morgan fingerprint density at radius 3 is 2.30 bits per heavy atom. The van der Waals surface area contributed by atoms with Gasteiger partial charge in [-0.05, 0) is 61.2 Å². The summed E-state index contributed by atoms with van der Waals surface area (Å²) >= 11 is 5.87. The van der Waals surface area contributed by atoms with Gasteiger partial charge in [0.15, 0.2) is 0 Å². The Labute approximate surface area is 183 Å². The molecule has 0 bridgehead atoms. The molecule has 0 saturated carbocycles. The number of aryl methyl sites for hydroxylation is 2. The number of carbonyl (C=O) groups is 1. The van der Waals surface area contributed by atoms with Gasteiger partial charge in [0, 0.05) is 37.7 Å². The largest absolute Gasteiger partial charge is 0.355 e. The highest BCUT2D eigenvalue weighted by atomic mass is 35.5. The van der Waals surface area contributed by atoms with Crippen molar-refractivity contribution < 1.29 is 13.2 Å². The number of hydrogen-bond acceptors (Lipinski definition) is 4. The van der Waals surface area contributed by atoms with Crippen molar-refractivity contribution in [2.24, 2.45) is 0 Å². The highest BCUT2D eigenvalue weighted by Crippen LogP contribution is 2.20. The monoisotopic (exact) mass is 449 g/mol. The van der Waals surface area contributed by atoms with Gasteiger partial charge < -0.3 is 5.32 Å². The van der Waals surface area contributed by atoms with Crippen LogP contribution in [-0.2, 0) is 21.2 Å². The Bertz CT molecular complexity index is 985. The first kappa shape index (κ1) is 22.7. The van der Waals surface area contributed by atoms with Crippen molar-refractivity contribution >= 4 is 27.5 Å². The normalized spacial score (nSPS) is 15.8. The fourth-order valence-corrected chi connectivity index (χ4v) is 5.04. The molecule has 1 heterocycles. The van der Waals surface area contributed by atoms with E-state index in [0.717, 1.165) is 23.1 Å². The van der Waals surface area contributed by atoms with Gasteiger partial charge in [0.2, 0.25) is 15.9 Å². The van der Waals surface area contributed by atoms with Gasteiger partial charge in [0.05, 0.1) is 11.4 Å². The molecule has 1 saturated heterocycles. The number of rotatable bonds is 7. The minimum atomic E-state index is -3.50. The van der Waals surface area contributed by atoms with Crippen LogP contribution in [0.1, 0.15) is 16.7 Å². The van der Waals surface area contributed by atoms with Crippen LogP contribution in [-0.4, -0.2) is 62.8 Å². The van der Waals surface area contributed by atoms with Gasteiger partial charge in [0.25, 0.3) is 0 Å². The van der Waals surface area contributed by atoms with Crippen molar-refractivity contribution in [3.05, 3.63) is 64.2 Å². The van der Waals surface area contributed by atoms with Crippen molar-refractivity contribution in [3.63, 3.8) is 0 Å². The van der Waals surface area contributed by atoms with E-state index in [-0.39, 0.29) is 12.5 Å². The molecule has 0 atom stereocenters. The van der Waals surface area contributed by atoms with Crippen molar-refractivity contribution in [3.8, 4) is 0 Å². The molecular weight excluding hydrogens is 422 g/mol. The molecule has 2 aromatic rings. The Kier molecular flexibility index (Phi) is 7.52. The predicted octanol–water partition coefficient (Wildman–Crippen LogP) is 2.62. The molecule has 8 heteroatoms. The fourth-order valence-electron chi connectivity index (χ4n) is 3.41. The zero-order chi connectivity index (χ0) is 21.7. The lowest BCUT2D eigenvalue weighted by Crippen LogP contribution is -2.51. The molecule has 1 amide bonds. The molecule has 0 aromatic heterocycles. The summed E-state index contributed by atoms with van der Waals surface area (Å²) in [5.74, 6) is -0.0468. The maximum atomic E-state index is 12.9. The van der Waals surface area contributed by atoms with Crippen LogP contribution < -0.4 is 5.32 Å². The second-order valence-corrected chi connectivity index (χ2v) is 10.0. The Hall–Kier alpha value is -1.93. The number of carbonyl (C=O) groups excluding carboxylic acids is 1. The zero-order valence-electron chi connectivity index (χ0n) is 17.4. The van der Waals surface area contributed by atoms with E-state index in [1.165, 1.54) is 4.31 Å². The molecule has 0 aliphatic carbocycles. The van der Waals surface area contributed by atoms with Gasteiger partial charge in [-0.2, -0.15) is 4.31 Å². The van der Waals surface area contributed by atoms with Crippen LogP contribution >= 0.6 is 11.6 Å². The van der Waals surface area contributed by atoms with Crippen LogP contribution in [0.4, 0.5) is 0 Å². The summed E-state index contributed by atoms with van der Waals surface area (Å²) in [6.07, 6.45) is 0.741. The van der Waals surface area contributed by atoms with Crippen molar-refractivity contribution in [2.75, 3.05) is 39.3 Å². The third-order valence-corrected chi connectivity index (χ3v) is 7.61. The SMILES string of the molecule is Cc1ccc(S(=O)(=O)N2CCN(CC(=O)NCCc3ccc(Cl)cc3)CC2)cc1C. The molecule has 1 aliphatic heterocycles. The van der Waals surface area contributed by atoms with E-state index >= 15 is 0 Å². The predicted molar refractivity (Wildman–Crippen MR) is 119 cm³/mol. The summed E-state index contributed by atoms with van der Waals surface area (Å²) in [4.78, 5) is 14.5. The quantitative estimate of drug-likeness (QED) is 0.705. The Balaban J connectivity index is 1.45. The number of sulfonamides is 1. The molecule has 162 valence electrons. The Morgan fingerprint density at radius 2 is 1.67 bits per heavy atom. The average molecular weight is 450 g/mol. The number of amides is 1. The molecule has 30 heavy (non-hydrogen) atoms. The lowest BCUT2D eigenvalue weighted by Gasteiger charge is -2.33. The maximum absolute atomic E-state index is 12.9. The van der Waals surface area contributed by atoms with Crippen molar-refractivity contribution in [1.82, 2.24) is 14.5 Å². The van der Waals surface area contributed by atoms with Crippen molar-refractivity contribution in [1.29, 1.82) is 0 Å². The summed E-state index contributed by atoms with van der Waals surface area (Å²) in [6, 6.07) is 12.8. The molecule has 1 fully saturated rings. The summed E-state index contributed by atoms with van der Waals surface area (Å²) in [5.41, 5.74) is 3.15. The van der Waals surface area contributed by atoms with E-state index in [1.54, 1.807) is 12.1 Å². The van der Waals surface area contributed by atoms with E-state index in [2.05, 4.69) is 5.32 Å². The number of halogens is 1. The molecule has 6 nitrogen and oxygen atoms in total. The lowest BCUT2D eigenvalue weighted by molar-refractivity contribution is -0.122. The minimum Gasteiger partial charge on any atom is -0.355 e. The van der Waals surface area contributed by atoms with E-state index in [1.807, 2.05) is 49.1 Å². The van der Waals surface area contributed by atoms with Crippen LogP contribution in [0.2, 0.25) is 5.02 Å². The highest BCUT2D eigenvalue weighted by molar-refractivity contribution is 7.89. The molecule has 0 radical (unpaired) electrons. The summed E-state index contributed by atoms with van der Waals surface area (Å²) in [7, 11) is -3.50. The standard InChI is InChI=1S/C22H28ClN3O3S/c1-17-3-8-21(15-18(17)2)30(28,29)26-13-11-25(12-14-26)16-22(27)24-10-9-19-4-6-20(23)7-5-19/h3-8,15H,9-14,16H2,1-2H3,(H,24,27). The van der Waals surface area contributed by atoms with Crippen LogP contribution in [0.25, 0.3) is 0 Å². The van der Waals surface area contributed by atoms with E-state index in [0.29, 0.717) is 42.6 Å².